The molecular formula is C15H18N4O5. The van der Waals surface area contributed by atoms with Crippen LogP contribution in [-0.4, -0.2) is 53.3 Å². The Balaban J connectivity index is 2.12. The van der Waals surface area contributed by atoms with Gasteiger partial charge >= 0.3 is 5.97 Å². The summed E-state index contributed by atoms with van der Waals surface area (Å²) in [5.41, 5.74) is 7.47. The molecule has 1 aliphatic heterocycles. The number of H-pyrrole nitrogens is 1. The Kier molecular flexibility index (Phi) is 4.36. The monoisotopic (exact) mass is 334 g/mol. The number of carbonyl (C=O) groups is 1. The van der Waals surface area contributed by atoms with E-state index in [2.05, 4.69) is 9.88 Å². The van der Waals surface area contributed by atoms with Gasteiger partial charge in [-0.2, -0.15) is 0 Å². The second-order valence-electron chi connectivity index (χ2n) is 5.67. The molecule has 1 fully saturated rings. The molecule has 9 nitrogen and oxygen atoms in total. The van der Waals surface area contributed by atoms with Gasteiger partial charge in [-0.05, 0) is 11.6 Å². The maximum Gasteiger partial charge on any atom is 0.320 e. The van der Waals surface area contributed by atoms with Crippen LogP contribution >= 0.6 is 0 Å². The van der Waals surface area contributed by atoms with Gasteiger partial charge in [-0.1, -0.05) is 0 Å². The van der Waals surface area contributed by atoms with E-state index in [4.69, 9.17) is 15.6 Å². The van der Waals surface area contributed by atoms with Crippen molar-refractivity contribution in [3.05, 3.63) is 34.0 Å². The summed E-state index contributed by atoms with van der Waals surface area (Å²) in [6.45, 7) is 2.49. The fourth-order valence-electron chi connectivity index (χ4n) is 2.99. The Morgan fingerprint density at radius 1 is 1.46 bits per heavy atom. The molecule has 1 aliphatic rings. The van der Waals surface area contributed by atoms with Gasteiger partial charge in [0.05, 0.1) is 18.1 Å². The number of fused-ring (bicyclic) bond motifs is 1. The maximum atomic E-state index is 11.3. The van der Waals surface area contributed by atoms with E-state index < -0.39 is 16.9 Å². The van der Waals surface area contributed by atoms with E-state index in [1.54, 1.807) is 12.3 Å². The van der Waals surface area contributed by atoms with Crippen molar-refractivity contribution >= 4 is 28.2 Å². The first kappa shape index (κ1) is 16.2. The third kappa shape index (κ3) is 2.91. The number of carboxylic acids is 1. The van der Waals surface area contributed by atoms with Crippen molar-refractivity contribution in [2.75, 3.05) is 31.2 Å². The van der Waals surface area contributed by atoms with Crippen molar-refractivity contribution in [1.82, 2.24) is 4.98 Å². The molecule has 24 heavy (non-hydrogen) atoms. The highest BCUT2D eigenvalue weighted by molar-refractivity contribution is 6.00. The van der Waals surface area contributed by atoms with Crippen LogP contribution < -0.4 is 10.6 Å². The number of carboxylic acid groups (broad SMARTS) is 1. The number of hydrogen-bond acceptors (Lipinski definition) is 6. The summed E-state index contributed by atoms with van der Waals surface area (Å²) < 4.78 is 5.35. The minimum absolute atomic E-state index is 0.0443. The van der Waals surface area contributed by atoms with Crippen LogP contribution in [0.5, 0.6) is 0 Å². The van der Waals surface area contributed by atoms with Gasteiger partial charge in [0, 0.05) is 42.8 Å². The van der Waals surface area contributed by atoms with Gasteiger partial charge in [0.2, 0.25) is 0 Å². The molecule has 1 aromatic heterocycles. The van der Waals surface area contributed by atoms with Crippen molar-refractivity contribution in [2.24, 2.45) is 5.73 Å². The van der Waals surface area contributed by atoms with Gasteiger partial charge in [-0.25, -0.2) is 0 Å². The van der Waals surface area contributed by atoms with Crippen LogP contribution in [0.25, 0.3) is 10.9 Å². The number of anilines is 1. The number of nitro benzene ring substituents is 1. The van der Waals surface area contributed by atoms with Crippen molar-refractivity contribution in [2.45, 2.75) is 12.5 Å². The van der Waals surface area contributed by atoms with Gasteiger partial charge in [0.1, 0.15) is 11.6 Å². The summed E-state index contributed by atoms with van der Waals surface area (Å²) in [4.78, 5) is 26.9. The Hall–Kier alpha value is -2.65. The second kappa shape index (κ2) is 6.46. The van der Waals surface area contributed by atoms with E-state index in [-0.39, 0.29) is 12.1 Å². The zero-order valence-corrected chi connectivity index (χ0v) is 12.9. The van der Waals surface area contributed by atoms with E-state index >= 15 is 0 Å². The Labute approximate surface area is 137 Å². The molecule has 2 aromatic rings. The largest absolute Gasteiger partial charge is 0.480 e. The number of benzene rings is 1. The normalized spacial score (nSPS) is 16.3. The number of nitrogens with zero attached hydrogens (tertiary/aromatic N) is 2. The summed E-state index contributed by atoms with van der Waals surface area (Å²) in [7, 11) is 0. The molecule has 0 saturated carbocycles. The zero-order valence-electron chi connectivity index (χ0n) is 12.9. The van der Waals surface area contributed by atoms with Crippen LogP contribution in [0.15, 0.2) is 18.3 Å². The molecule has 1 atom stereocenters. The highest BCUT2D eigenvalue weighted by Gasteiger charge is 2.24. The first-order valence-corrected chi connectivity index (χ1v) is 7.57. The molecule has 0 radical (unpaired) electrons. The van der Waals surface area contributed by atoms with Gasteiger partial charge in [0.15, 0.2) is 0 Å². The van der Waals surface area contributed by atoms with Crippen LogP contribution in [0.3, 0.4) is 0 Å². The number of aromatic nitrogens is 1. The number of morpholine rings is 1. The Bertz CT molecular complexity index is 782. The molecule has 2 heterocycles. The van der Waals surface area contributed by atoms with E-state index in [1.165, 1.54) is 6.07 Å². The molecule has 4 N–H and O–H groups in total. The lowest BCUT2D eigenvalue weighted by molar-refractivity contribution is -0.383. The lowest BCUT2D eigenvalue weighted by atomic mass is 10.0. The lowest BCUT2D eigenvalue weighted by Gasteiger charge is -2.29. The third-order valence-electron chi connectivity index (χ3n) is 4.18. The summed E-state index contributed by atoms with van der Waals surface area (Å²) in [5.74, 6) is -1.11. The lowest BCUT2D eigenvalue weighted by Crippen LogP contribution is -2.36. The van der Waals surface area contributed by atoms with Crippen LogP contribution in [-0.2, 0) is 16.0 Å². The number of rotatable bonds is 5. The Morgan fingerprint density at radius 3 is 2.79 bits per heavy atom. The fourth-order valence-corrected chi connectivity index (χ4v) is 2.99. The molecule has 0 aliphatic carbocycles. The number of non-ortho nitro benzene ring substituents is 1. The van der Waals surface area contributed by atoms with Crippen LogP contribution in [0.4, 0.5) is 11.4 Å². The van der Waals surface area contributed by atoms with Crippen molar-refractivity contribution < 1.29 is 19.6 Å². The molecule has 0 bridgehead atoms. The molecule has 0 amide bonds. The summed E-state index contributed by atoms with van der Waals surface area (Å²) in [6.07, 6.45) is 1.69. The minimum Gasteiger partial charge on any atom is -0.480 e. The quantitative estimate of drug-likeness (QED) is 0.545. The number of ether oxygens (including phenoxy) is 1. The van der Waals surface area contributed by atoms with Gasteiger partial charge in [-0.3, -0.25) is 14.9 Å². The third-order valence-corrected chi connectivity index (χ3v) is 4.18. The highest BCUT2D eigenvalue weighted by atomic mass is 16.6. The number of aliphatic carboxylic acids is 1. The summed E-state index contributed by atoms with van der Waals surface area (Å²) in [6, 6.07) is 2.10. The summed E-state index contributed by atoms with van der Waals surface area (Å²) in [5, 5.41) is 21.0. The zero-order chi connectivity index (χ0) is 17.3. The Morgan fingerprint density at radius 2 is 2.17 bits per heavy atom. The second-order valence-corrected chi connectivity index (χ2v) is 5.67. The van der Waals surface area contributed by atoms with Crippen molar-refractivity contribution in [3.8, 4) is 0 Å². The molecule has 1 saturated heterocycles. The van der Waals surface area contributed by atoms with Gasteiger partial charge in [0.25, 0.3) is 5.69 Å². The minimum atomic E-state index is -1.11. The first-order valence-electron chi connectivity index (χ1n) is 7.57. The van der Waals surface area contributed by atoms with E-state index in [0.29, 0.717) is 42.8 Å². The topological polar surface area (TPSA) is 135 Å². The highest BCUT2D eigenvalue weighted by Crippen LogP contribution is 2.36. The molecule has 3 rings (SSSR count). The van der Waals surface area contributed by atoms with E-state index in [0.717, 1.165) is 5.69 Å². The number of hydrogen-bond donors (Lipinski definition) is 3. The average Bonchev–Trinajstić information content (AvgIpc) is 2.98. The molecule has 0 spiro atoms. The predicted octanol–water partition coefficient (Wildman–Crippen LogP) is 0.867. The number of nitrogens with one attached hydrogen (secondary N) is 1. The predicted molar refractivity (Wildman–Crippen MR) is 87.3 cm³/mol. The molecule has 1 unspecified atom stereocenters. The number of nitro groups is 1. The van der Waals surface area contributed by atoms with Crippen molar-refractivity contribution in [1.29, 1.82) is 0 Å². The van der Waals surface area contributed by atoms with Crippen LogP contribution in [0.1, 0.15) is 5.56 Å². The first-order chi connectivity index (χ1) is 11.5. The molecule has 128 valence electrons. The van der Waals surface area contributed by atoms with E-state index in [1.807, 2.05) is 0 Å². The van der Waals surface area contributed by atoms with Gasteiger partial charge in [-0.15, -0.1) is 0 Å². The SMILES string of the molecule is NC(Cc1c[nH]c2c([N+](=O)[O-])ccc(N3CCOCC3)c12)C(=O)O. The molecule has 9 heteroatoms. The van der Waals surface area contributed by atoms with Crippen LogP contribution in [0, 0.1) is 10.1 Å². The number of aromatic amines is 1. The molecule has 1 aromatic carbocycles. The maximum absolute atomic E-state index is 11.3. The van der Waals surface area contributed by atoms with Crippen LogP contribution in [0.2, 0.25) is 0 Å². The van der Waals surface area contributed by atoms with E-state index in [9.17, 15) is 14.9 Å². The summed E-state index contributed by atoms with van der Waals surface area (Å²) >= 11 is 0. The number of nitrogens with two attached hydrogens (primary N) is 1. The smallest absolute Gasteiger partial charge is 0.320 e. The average molecular weight is 334 g/mol. The fraction of sp³-hybridized carbons (Fsp3) is 0.400. The molecular weight excluding hydrogens is 316 g/mol. The van der Waals surface area contributed by atoms with Gasteiger partial charge < -0.3 is 25.5 Å². The van der Waals surface area contributed by atoms with Crippen molar-refractivity contribution in [3.63, 3.8) is 0 Å². The standard InChI is InChI=1S/C15H18N4O5/c16-10(15(20)21)7-9-8-17-14-12(19(22)23)2-1-11(13(9)14)18-3-5-24-6-4-18/h1-2,8,10,17H,3-7,16H2,(H,20,21).